The highest BCUT2D eigenvalue weighted by Crippen LogP contribution is 2.19. The van der Waals surface area contributed by atoms with Crippen molar-refractivity contribution in [1.29, 1.82) is 0 Å². The largest absolute Gasteiger partial charge is 0.384 e. The first-order valence-electron chi connectivity index (χ1n) is 6.41. The van der Waals surface area contributed by atoms with Gasteiger partial charge in [0.15, 0.2) is 0 Å². The Kier molecular flexibility index (Phi) is 4.38. The lowest BCUT2D eigenvalue weighted by atomic mass is 10.4. The van der Waals surface area contributed by atoms with Gasteiger partial charge in [0.2, 0.25) is 10.0 Å². The van der Waals surface area contributed by atoms with E-state index in [0.29, 0.717) is 13.1 Å². The molecule has 0 unspecified atom stereocenters. The van der Waals surface area contributed by atoms with Crippen LogP contribution in [0.1, 0.15) is 6.92 Å². The van der Waals surface area contributed by atoms with E-state index in [0.717, 1.165) is 25.3 Å². The fraction of sp³-hybridized carbons (Fsp3) is 0.583. The first kappa shape index (κ1) is 14.2. The Balaban J connectivity index is 2.21. The fourth-order valence-corrected chi connectivity index (χ4v) is 3.45. The van der Waals surface area contributed by atoms with Crippen molar-refractivity contribution in [3.8, 4) is 0 Å². The van der Waals surface area contributed by atoms with Crippen molar-refractivity contribution in [3.05, 3.63) is 18.5 Å². The van der Waals surface area contributed by atoms with Crippen molar-refractivity contribution in [3.63, 3.8) is 0 Å². The molecule has 0 aromatic carbocycles. The lowest BCUT2D eigenvalue weighted by Gasteiger charge is -2.31. The third-order valence-corrected chi connectivity index (χ3v) is 5.06. The predicted octanol–water partition coefficient (Wildman–Crippen LogP) is 0.450. The first-order chi connectivity index (χ1) is 9.04. The van der Waals surface area contributed by atoms with Crippen molar-refractivity contribution in [2.24, 2.45) is 0 Å². The quantitative estimate of drug-likeness (QED) is 0.869. The molecule has 19 heavy (non-hydrogen) atoms. The SMILES string of the molecule is CCNc1cncc(S(=O)(=O)N2CCN(C)CC2)c1. The van der Waals surface area contributed by atoms with Crippen LogP contribution in [0.25, 0.3) is 0 Å². The lowest BCUT2D eigenvalue weighted by Crippen LogP contribution is -2.47. The molecule has 0 spiro atoms. The van der Waals surface area contributed by atoms with Crippen LogP contribution in [0, 0.1) is 0 Å². The number of anilines is 1. The van der Waals surface area contributed by atoms with E-state index in [-0.39, 0.29) is 4.90 Å². The van der Waals surface area contributed by atoms with Gasteiger partial charge in [-0.2, -0.15) is 4.31 Å². The molecular weight excluding hydrogens is 264 g/mol. The van der Waals surface area contributed by atoms with Crippen LogP contribution in [0.4, 0.5) is 5.69 Å². The molecule has 7 heteroatoms. The maximum atomic E-state index is 12.5. The summed E-state index contributed by atoms with van der Waals surface area (Å²) < 4.78 is 26.5. The molecule has 0 saturated carbocycles. The van der Waals surface area contributed by atoms with E-state index in [1.54, 1.807) is 12.3 Å². The summed E-state index contributed by atoms with van der Waals surface area (Å²) in [6.45, 7) is 5.29. The van der Waals surface area contributed by atoms with Crippen molar-refractivity contribution in [2.75, 3.05) is 45.1 Å². The Hall–Kier alpha value is -1.18. The average molecular weight is 284 g/mol. The minimum absolute atomic E-state index is 0.260. The molecule has 1 aliphatic rings. The maximum absolute atomic E-state index is 12.5. The van der Waals surface area contributed by atoms with Crippen LogP contribution in [-0.2, 0) is 10.0 Å². The number of nitrogens with zero attached hydrogens (tertiary/aromatic N) is 3. The van der Waals surface area contributed by atoms with Crippen LogP contribution in [0.15, 0.2) is 23.4 Å². The van der Waals surface area contributed by atoms with E-state index in [9.17, 15) is 8.42 Å². The first-order valence-corrected chi connectivity index (χ1v) is 7.85. The summed E-state index contributed by atoms with van der Waals surface area (Å²) in [6, 6.07) is 1.64. The van der Waals surface area contributed by atoms with Crippen LogP contribution >= 0.6 is 0 Å². The Morgan fingerprint density at radius 3 is 2.58 bits per heavy atom. The maximum Gasteiger partial charge on any atom is 0.244 e. The van der Waals surface area contributed by atoms with Crippen molar-refractivity contribution in [2.45, 2.75) is 11.8 Å². The molecule has 0 bridgehead atoms. The number of hydrogen-bond acceptors (Lipinski definition) is 5. The Labute approximate surface area is 114 Å². The van der Waals surface area contributed by atoms with Gasteiger partial charge in [0.25, 0.3) is 0 Å². The fourth-order valence-electron chi connectivity index (χ4n) is 2.04. The molecule has 1 aliphatic heterocycles. The Morgan fingerprint density at radius 1 is 1.26 bits per heavy atom. The molecule has 2 heterocycles. The van der Waals surface area contributed by atoms with Crippen molar-refractivity contribution in [1.82, 2.24) is 14.2 Å². The topological polar surface area (TPSA) is 65.5 Å². The highest BCUT2D eigenvalue weighted by Gasteiger charge is 2.27. The molecule has 6 nitrogen and oxygen atoms in total. The third kappa shape index (κ3) is 3.23. The highest BCUT2D eigenvalue weighted by atomic mass is 32.2. The summed E-state index contributed by atoms with van der Waals surface area (Å²) >= 11 is 0. The third-order valence-electron chi connectivity index (χ3n) is 3.19. The van der Waals surface area contributed by atoms with Crippen LogP contribution in [0.5, 0.6) is 0 Å². The molecule has 0 atom stereocenters. The van der Waals surface area contributed by atoms with Gasteiger partial charge in [-0.1, -0.05) is 0 Å². The Bertz CT molecular complexity index is 524. The Morgan fingerprint density at radius 2 is 1.95 bits per heavy atom. The normalized spacial score (nSPS) is 18.4. The van der Waals surface area contributed by atoms with Gasteiger partial charge in [0.05, 0.1) is 11.9 Å². The molecule has 0 radical (unpaired) electrons. The molecule has 1 saturated heterocycles. The summed E-state index contributed by atoms with van der Waals surface area (Å²) in [7, 11) is -1.42. The smallest absolute Gasteiger partial charge is 0.244 e. The minimum Gasteiger partial charge on any atom is -0.384 e. The highest BCUT2D eigenvalue weighted by molar-refractivity contribution is 7.89. The molecule has 1 aromatic heterocycles. The zero-order valence-corrected chi connectivity index (χ0v) is 12.2. The van der Waals surface area contributed by atoms with Crippen LogP contribution in [-0.4, -0.2) is 62.4 Å². The summed E-state index contributed by atoms with van der Waals surface area (Å²) in [4.78, 5) is 6.38. The second-order valence-electron chi connectivity index (χ2n) is 4.65. The number of piperazine rings is 1. The summed E-state index contributed by atoms with van der Waals surface area (Å²) in [5.74, 6) is 0. The van der Waals surface area contributed by atoms with E-state index in [2.05, 4.69) is 15.2 Å². The second-order valence-corrected chi connectivity index (χ2v) is 6.58. The van der Waals surface area contributed by atoms with E-state index in [1.807, 2.05) is 14.0 Å². The van der Waals surface area contributed by atoms with Gasteiger partial charge in [-0.25, -0.2) is 8.42 Å². The number of likely N-dealkylation sites (N-methyl/N-ethyl adjacent to an activating group) is 1. The van der Waals surface area contributed by atoms with Crippen LogP contribution in [0.2, 0.25) is 0 Å². The zero-order valence-electron chi connectivity index (χ0n) is 11.3. The van der Waals surface area contributed by atoms with Gasteiger partial charge in [0, 0.05) is 38.9 Å². The number of aromatic nitrogens is 1. The van der Waals surface area contributed by atoms with Gasteiger partial charge in [-0.05, 0) is 20.0 Å². The van der Waals surface area contributed by atoms with E-state index in [1.165, 1.54) is 10.5 Å². The summed E-state index contributed by atoms with van der Waals surface area (Å²) in [6.07, 6.45) is 3.04. The summed E-state index contributed by atoms with van der Waals surface area (Å²) in [5, 5.41) is 3.08. The van der Waals surface area contributed by atoms with E-state index in [4.69, 9.17) is 0 Å². The molecule has 106 valence electrons. The molecule has 0 amide bonds. The van der Waals surface area contributed by atoms with Gasteiger partial charge in [-0.15, -0.1) is 0 Å². The number of nitrogens with one attached hydrogen (secondary N) is 1. The molecule has 0 aliphatic carbocycles. The standard InChI is InChI=1S/C12H20N4O2S/c1-3-14-11-8-12(10-13-9-11)19(17,18)16-6-4-15(2)5-7-16/h8-10,14H,3-7H2,1-2H3. The van der Waals surface area contributed by atoms with E-state index < -0.39 is 10.0 Å². The zero-order chi connectivity index (χ0) is 13.9. The minimum atomic E-state index is -3.42. The van der Waals surface area contributed by atoms with Crippen LogP contribution in [0.3, 0.4) is 0 Å². The van der Waals surface area contributed by atoms with Gasteiger partial charge in [0.1, 0.15) is 4.90 Å². The number of pyridine rings is 1. The van der Waals surface area contributed by atoms with Crippen molar-refractivity contribution >= 4 is 15.7 Å². The van der Waals surface area contributed by atoms with Crippen LogP contribution < -0.4 is 5.32 Å². The predicted molar refractivity (Wildman–Crippen MR) is 74.7 cm³/mol. The van der Waals surface area contributed by atoms with E-state index >= 15 is 0 Å². The monoisotopic (exact) mass is 284 g/mol. The molecular formula is C12H20N4O2S. The lowest BCUT2D eigenvalue weighted by molar-refractivity contribution is 0.222. The average Bonchev–Trinajstić information content (AvgIpc) is 2.40. The second kappa shape index (κ2) is 5.85. The number of rotatable bonds is 4. The molecule has 2 rings (SSSR count). The number of sulfonamides is 1. The summed E-state index contributed by atoms with van der Waals surface area (Å²) in [5.41, 5.74) is 0.734. The molecule has 1 aromatic rings. The van der Waals surface area contributed by atoms with Gasteiger partial charge >= 0.3 is 0 Å². The van der Waals surface area contributed by atoms with Gasteiger partial charge < -0.3 is 10.2 Å². The van der Waals surface area contributed by atoms with Gasteiger partial charge in [-0.3, -0.25) is 4.98 Å². The molecule has 1 N–H and O–H groups in total. The molecule has 1 fully saturated rings. The van der Waals surface area contributed by atoms with Crippen molar-refractivity contribution < 1.29 is 8.42 Å². The number of hydrogen-bond donors (Lipinski definition) is 1.